The molecule has 0 fully saturated rings. The number of carbonyl (C=O) groups is 1. The van der Waals surface area contributed by atoms with Gasteiger partial charge in [0.05, 0.1) is 11.7 Å². The van der Waals surface area contributed by atoms with Crippen LogP contribution in [0.15, 0.2) is 48.7 Å². The standard InChI is InChI=1S/C18H21FN2O2/c1-18(2,3)23-17(22)21-16(15-6-4-5-11-20-15)14-9-7-13(12-19)8-10-14/h4-11,16H,12H2,1-3H3,(H,21,22)/t16-/m0/s1. The summed E-state index contributed by atoms with van der Waals surface area (Å²) in [6, 6.07) is 12.0. The summed E-state index contributed by atoms with van der Waals surface area (Å²) in [6.07, 6.45) is 1.14. The Balaban J connectivity index is 2.27. The summed E-state index contributed by atoms with van der Waals surface area (Å²) < 4.78 is 18.0. The first-order valence-electron chi connectivity index (χ1n) is 7.44. The molecule has 0 aliphatic rings. The number of alkyl carbamates (subject to hydrolysis) is 1. The highest BCUT2D eigenvalue weighted by Gasteiger charge is 2.22. The van der Waals surface area contributed by atoms with Gasteiger partial charge in [0.15, 0.2) is 0 Å². The Morgan fingerprint density at radius 3 is 2.43 bits per heavy atom. The number of nitrogens with zero attached hydrogens (tertiary/aromatic N) is 1. The zero-order valence-electron chi connectivity index (χ0n) is 13.5. The van der Waals surface area contributed by atoms with E-state index in [2.05, 4.69) is 10.3 Å². The Morgan fingerprint density at radius 1 is 1.22 bits per heavy atom. The number of aromatic nitrogens is 1. The summed E-state index contributed by atoms with van der Waals surface area (Å²) >= 11 is 0. The molecule has 4 nitrogen and oxygen atoms in total. The Kier molecular flexibility index (Phi) is 5.32. The van der Waals surface area contributed by atoms with E-state index in [-0.39, 0.29) is 0 Å². The molecule has 1 atom stereocenters. The van der Waals surface area contributed by atoms with Crippen molar-refractivity contribution in [1.82, 2.24) is 10.3 Å². The van der Waals surface area contributed by atoms with Crippen molar-refractivity contribution in [2.45, 2.75) is 39.1 Å². The van der Waals surface area contributed by atoms with Crippen LogP contribution in [0.25, 0.3) is 0 Å². The van der Waals surface area contributed by atoms with E-state index < -0.39 is 24.4 Å². The van der Waals surface area contributed by atoms with E-state index in [1.54, 1.807) is 57.3 Å². The molecular formula is C18H21FN2O2. The first-order chi connectivity index (χ1) is 10.9. The Bertz CT molecular complexity index is 636. The lowest BCUT2D eigenvalue weighted by Gasteiger charge is -2.23. The van der Waals surface area contributed by atoms with Gasteiger partial charge in [0.25, 0.3) is 0 Å². The molecule has 23 heavy (non-hydrogen) atoms. The molecule has 1 N–H and O–H groups in total. The van der Waals surface area contributed by atoms with Crippen LogP contribution in [0.4, 0.5) is 9.18 Å². The van der Waals surface area contributed by atoms with Crippen LogP contribution in [0.3, 0.4) is 0 Å². The number of halogens is 1. The van der Waals surface area contributed by atoms with Crippen molar-refractivity contribution in [2.24, 2.45) is 0 Å². The fraction of sp³-hybridized carbons (Fsp3) is 0.333. The largest absolute Gasteiger partial charge is 0.444 e. The van der Waals surface area contributed by atoms with E-state index in [4.69, 9.17) is 4.74 Å². The molecule has 122 valence electrons. The lowest BCUT2D eigenvalue weighted by atomic mass is 10.0. The molecule has 0 aliphatic heterocycles. The van der Waals surface area contributed by atoms with Gasteiger partial charge in [-0.3, -0.25) is 4.98 Å². The first-order valence-corrected chi connectivity index (χ1v) is 7.44. The molecule has 1 aromatic carbocycles. The van der Waals surface area contributed by atoms with Crippen molar-refractivity contribution in [2.75, 3.05) is 0 Å². The molecule has 0 spiro atoms. The van der Waals surface area contributed by atoms with Crippen LogP contribution >= 0.6 is 0 Å². The SMILES string of the molecule is CC(C)(C)OC(=O)N[C@@H](c1ccc(CF)cc1)c1ccccn1. The van der Waals surface area contributed by atoms with E-state index in [0.717, 1.165) is 5.56 Å². The minimum atomic E-state index is -0.586. The molecule has 1 aromatic heterocycles. The highest BCUT2D eigenvalue weighted by atomic mass is 19.1. The van der Waals surface area contributed by atoms with E-state index >= 15 is 0 Å². The lowest BCUT2D eigenvalue weighted by molar-refractivity contribution is 0.0511. The number of amides is 1. The van der Waals surface area contributed by atoms with E-state index in [1.807, 2.05) is 12.1 Å². The predicted molar refractivity (Wildman–Crippen MR) is 86.7 cm³/mol. The number of benzene rings is 1. The second-order valence-corrected chi connectivity index (χ2v) is 6.21. The van der Waals surface area contributed by atoms with Gasteiger partial charge < -0.3 is 10.1 Å². The van der Waals surface area contributed by atoms with Crippen molar-refractivity contribution < 1.29 is 13.9 Å². The third kappa shape index (κ3) is 5.06. The molecule has 0 unspecified atom stereocenters. The molecule has 2 rings (SSSR count). The third-order valence-corrected chi connectivity index (χ3v) is 3.11. The van der Waals surface area contributed by atoms with E-state index in [0.29, 0.717) is 11.3 Å². The first kappa shape index (κ1) is 16.9. The van der Waals surface area contributed by atoms with Gasteiger partial charge in [-0.1, -0.05) is 30.3 Å². The van der Waals surface area contributed by atoms with Gasteiger partial charge in [0, 0.05) is 6.20 Å². The summed E-state index contributed by atoms with van der Waals surface area (Å²) in [5, 5.41) is 2.83. The number of carbonyl (C=O) groups excluding carboxylic acids is 1. The molecule has 0 aliphatic carbocycles. The van der Waals surface area contributed by atoms with Crippen LogP contribution < -0.4 is 5.32 Å². The molecular weight excluding hydrogens is 295 g/mol. The number of nitrogens with one attached hydrogen (secondary N) is 1. The van der Waals surface area contributed by atoms with Gasteiger partial charge in [-0.15, -0.1) is 0 Å². The number of hydrogen-bond donors (Lipinski definition) is 1. The van der Waals surface area contributed by atoms with Crippen molar-refractivity contribution >= 4 is 6.09 Å². The molecule has 0 saturated heterocycles. The lowest BCUT2D eigenvalue weighted by Crippen LogP contribution is -2.35. The molecule has 1 amide bonds. The summed E-state index contributed by atoms with van der Waals surface area (Å²) in [7, 11) is 0. The van der Waals surface area contributed by atoms with Gasteiger partial charge in [-0.05, 0) is 44.0 Å². The second kappa shape index (κ2) is 7.22. The van der Waals surface area contributed by atoms with Crippen LogP contribution in [0.1, 0.15) is 43.6 Å². The Labute approximate surface area is 135 Å². The van der Waals surface area contributed by atoms with Crippen LogP contribution in [-0.2, 0) is 11.4 Å². The molecule has 0 saturated carbocycles. The monoisotopic (exact) mass is 316 g/mol. The molecule has 0 bridgehead atoms. The summed E-state index contributed by atoms with van der Waals surface area (Å²) in [5.74, 6) is 0. The molecule has 0 radical (unpaired) electrons. The van der Waals surface area contributed by atoms with E-state index in [1.165, 1.54) is 0 Å². The number of pyridine rings is 1. The summed E-state index contributed by atoms with van der Waals surface area (Å²) in [5.41, 5.74) is 1.50. The number of hydrogen-bond acceptors (Lipinski definition) is 3. The minimum Gasteiger partial charge on any atom is -0.444 e. The third-order valence-electron chi connectivity index (χ3n) is 3.11. The maximum atomic E-state index is 12.7. The smallest absolute Gasteiger partial charge is 0.408 e. The van der Waals surface area contributed by atoms with Crippen molar-refractivity contribution in [3.63, 3.8) is 0 Å². The minimum absolute atomic E-state index is 0.459. The van der Waals surface area contributed by atoms with Crippen molar-refractivity contribution in [3.8, 4) is 0 Å². The zero-order valence-corrected chi connectivity index (χ0v) is 13.5. The number of alkyl halides is 1. The van der Waals surface area contributed by atoms with Gasteiger partial charge in [0.1, 0.15) is 12.3 Å². The van der Waals surface area contributed by atoms with Gasteiger partial charge in [-0.2, -0.15) is 0 Å². The van der Waals surface area contributed by atoms with Crippen molar-refractivity contribution in [3.05, 3.63) is 65.5 Å². The fourth-order valence-electron chi connectivity index (χ4n) is 2.10. The van der Waals surface area contributed by atoms with Crippen LogP contribution in [-0.4, -0.2) is 16.7 Å². The normalized spacial score (nSPS) is 12.5. The maximum Gasteiger partial charge on any atom is 0.408 e. The fourth-order valence-corrected chi connectivity index (χ4v) is 2.10. The molecule has 2 aromatic rings. The maximum absolute atomic E-state index is 12.7. The average molecular weight is 316 g/mol. The summed E-state index contributed by atoms with van der Waals surface area (Å²) in [4.78, 5) is 16.4. The Morgan fingerprint density at radius 2 is 1.91 bits per heavy atom. The highest BCUT2D eigenvalue weighted by Crippen LogP contribution is 2.22. The van der Waals surface area contributed by atoms with Crippen LogP contribution in [0, 0.1) is 0 Å². The van der Waals surface area contributed by atoms with E-state index in [9.17, 15) is 9.18 Å². The predicted octanol–water partition coefficient (Wildman–Crippen LogP) is 4.17. The van der Waals surface area contributed by atoms with Crippen LogP contribution in [0.2, 0.25) is 0 Å². The molecule has 5 heteroatoms. The average Bonchev–Trinajstić information content (AvgIpc) is 2.52. The van der Waals surface area contributed by atoms with Crippen molar-refractivity contribution in [1.29, 1.82) is 0 Å². The Hall–Kier alpha value is -2.43. The second-order valence-electron chi connectivity index (χ2n) is 6.21. The topological polar surface area (TPSA) is 51.2 Å². The van der Waals surface area contributed by atoms with Gasteiger partial charge >= 0.3 is 6.09 Å². The molecule has 1 heterocycles. The number of ether oxygens (including phenoxy) is 1. The van der Waals surface area contributed by atoms with Gasteiger partial charge in [0.2, 0.25) is 0 Å². The zero-order chi connectivity index (χ0) is 16.9. The highest BCUT2D eigenvalue weighted by molar-refractivity contribution is 5.69. The summed E-state index contributed by atoms with van der Waals surface area (Å²) in [6.45, 7) is 4.89. The quantitative estimate of drug-likeness (QED) is 0.921. The van der Waals surface area contributed by atoms with Crippen LogP contribution in [0.5, 0.6) is 0 Å². The number of rotatable bonds is 4. The van der Waals surface area contributed by atoms with Gasteiger partial charge in [-0.25, -0.2) is 9.18 Å².